The van der Waals surface area contributed by atoms with Gasteiger partial charge in [0, 0.05) is 12.1 Å². The molecular formula is C12H14ClNO4. The molecule has 0 spiro atoms. The molecule has 0 aliphatic rings. The summed E-state index contributed by atoms with van der Waals surface area (Å²) >= 11 is 5.61. The molecule has 0 aliphatic carbocycles. The maximum atomic E-state index is 11.5. The van der Waals surface area contributed by atoms with Gasteiger partial charge in [0.25, 0.3) is 0 Å². The van der Waals surface area contributed by atoms with E-state index in [1.54, 1.807) is 12.1 Å². The molecule has 1 rings (SSSR count). The normalized spacial score (nSPS) is 11.7. The van der Waals surface area contributed by atoms with Gasteiger partial charge in [0.05, 0.1) is 0 Å². The first-order valence-electron chi connectivity index (χ1n) is 5.47. The first kappa shape index (κ1) is 14.5. The SMILES string of the molecule is O=C(CCCC(Cl)C(=O)OO)Nc1ccccc1. The van der Waals surface area contributed by atoms with Gasteiger partial charge in [-0.05, 0) is 25.0 Å². The number of rotatable bonds is 6. The van der Waals surface area contributed by atoms with Crippen molar-refractivity contribution in [1.29, 1.82) is 0 Å². The molecule has 0 saturated heterocycles. The Balaban J connectivity index is 2.24. The molecule has 0 aliphatic heterocycles. The molecule has 1 aromatic carbocycles. The highest BCUT2D eigenvalue weighted by atomic mass is 35.5. The Morgan fingerprint density at radius 1 is 1.33 bits per heavy atom. The van der Waals surface area contributed by atoms with Crippen molar-refractivity contribution >= 4 is 29.2 Å². The maximum Gasteiger partial charge on any atom is 0.359 e. The van der Waals surface area contributed by atoms with Crippen molar-refractivity contribution in [2.75, 3.05) is 5.32 Å². The average Bonchev–Trinajstić information content (AvgIpc) is 2.38. The highest BCUT2D eigenvalue weighted by Gasteiger charge is 2.17. The smallest absolute Gasteiger partial charge is 0.326 e. The van der Waals surface area contributed by atoms with E-state index in [2.05, 4.69) is 10.2 Å². The van der Waals surface area contributed by atoms with Gasteiger partial charge in [-0.15, -0.1) is 11.6 Å². The number of benzene rings is 1. The van der Waals surface area contributed by atoms with Crippen LogP contribution < -0.4 is 5.32 Å². The number of para-hydroxylation sites is 1. The number of anilines is 1. The molecule has 5 nitrogen and oxygen atoms in total. The molecule has 18 heavy (non-hydrogen) atoms. The average molecular weight is 272 g/mol. The van der Waals surface area contributed by atoms with Crippen molar-refractivity contribution in [3.63, 3.8) is 0 Å². The number of alkyl halides is 1. The van der Waals surface area contributed by atoms with Crippen LogP contribution in [0.1, 0.15) is 19.3 Å². The molecule has 0 aromatic heterocycles. The molecule has 1 amide bonds. The van der Waals surface area contributed by atoms with E-state index >= 15 is 0 Å². The topological polar surface area (TPSA) is 75.6 Å². The van der Waals surface area contributed by atoms with Gasteiger partial charge in [-0.1, -0.05) is 18.2 Å². The predicted octanol–water partition coefficient (Wildman–Crippen LogP) is 2.42. The summed E-state index contributed by atoms with van der Waals surface area (Å²) < 4.78 is 0. The summed E-state index contributed by atoms with van der Waals surface area (Å²) in [6, 6.07) is 9.06. The van der Waals surface area contributed by atoms with Gasteiger partial charge >= 0.3 is 5.97 Å². The van der Waals surface area contributed by atoms with Crippen LogP contribution in [0.15, 0.2) is 30.3 Å². The fourth-order valence-corrected chi connectivity index (χ4v) is 1.56. The second-order valence-electron chi connectivity index (χ2n) is 3.68. The molecule has 0 fully saturated rings. The largest absolute Gasteiger partial charge is 0.359 e. The minimum Gasteiger partial charge on any atom is -0.326 e. The van der Waals surface area contributed by atoms with Crippen molar-refractivity contribution in [3.05, 3.63) is 30.3 Å². The Labute approximate surface area is 110 Å². The number of carbonyl (C=O) groups is 2. The van der Waals surface area contributed by atoms with E-state index in [0.717, 1.165) is 5.69 Å². The molecular weight excluding hydrogens is 258 g/mol. The summed E-state index contributed by atoms with van der Waals surface area (Å²) in [7, 11) is 0. The van der Waals surface area contributed by atoms with Gasteiger partial charge in [0.2, 0.25) is 5.91 Å². The number of amides is 1. The predicted molar refractivity (Wildman–Crippen MR) is 67.3 cm³/mol. The number of halogens is 1. The molecule has 1 atom stereocenters. The summed E-state index contributed by atoms with van der Waals surface area (Å²) in [6.45, 7) is 0. The number of hydrogen-bond donors (Lipinski definition) is 2. The van der Waals surface area contributed by atoms with Gasteiger partial charge in [0.15, 0.2) is 0 Å². The monoisotopic (exact) mass is 271 g/mol. The fraction of sp³-hybridized carbons (Fsp3) is 0.333. The van der Waals surface area contributed by atoms with E-state index in [-0.39, 0.29) is 18.7 Å². The molecule has 0 heterocycles. The minimum absolute atomic E-state index is 0.151. The van der Waals surface area contributed by atoms with Crippen molar-refractivity contribution in [2.45, 2.75) is 24.6 Å². The lowest BCUT2D eigenvalue weighted by Gasteiger charge is -2.06. The number of nitrogens with one attached hydrogen (secondary N) is 1. The lowest BCUT2D eigenvalue weighted by Crippen LogP contribution is -2.17. The highest BCUT2D eigenvalue weighted by Crippen LogP contribution is 2.11. The summed E-state index contributed by atoms with van der Waals surface area (Å²) in [4.78, 5) is 25.8. The quantitative estimate of drug-likeness (QED) is 0.473. The van der Waals surface area contributed by atoms with Gasteiger partial charge in [-0.3, -0.25) is 9.68 Å². The summed E-state index contributed by atoms with van der Waals surface area (Å²) in [5.41, 5.74) is 0.722. The Hall–Kier alpha value is -1.59. The zero-order valence-corrected chi connectivity index (χ0v) is 10.4. The lowest BCUT2D eigenvalue weighted by molar-refractivity contribution is -0.233. The Morgan fingerprint density at radius 2 is 2.00 bits per heavy atom. The second kappa shape index (κ2) is 7.68. The number of carbonyl (C=O) groups excluding carboxylic acids is 2. The van der Waals surface area contributed by atoms with Crippen LogP contribution in [0.5, 0.6) is 0 Å². The first-order valence-corrected chi connectivity index (χ1v) is 5.91. The second-order valence-corrected chi connectivity index (χ2v) is 4.21. The third-order valence-electron chi connectivity index (χ3n) is 2.26. The molecule has 98 valence electrons. The first-order chi connectivity index (χ1) is 8.63. The Morgan fingerprint density at radius 3 is 2.61 bits per heavy atom. The van der Waals surface area contributed by atoms with Crippen molar-refractivity contribution < 1.29 is 19.7 Å². The van der Waals surface area contributed by atoms with Crippen LogP contribution in [-0.4, -0.2) is 22.5 Å². The standard InChI is InChI=1S/C12H14ClNO4/c13-10(12(16)18-17)7-4-8-11(15)14-9-5-2-1-3-6-9/h1-3,5-6,10,17H,4,7-8H2,(H,14,15). The molecule has 0 radical (unpaired) electrons. The molecule has 0 bridgehead atoms. The van der Waals surface area contributed by atoms with E-state index in [4.69, 9.17) is 16.9 Å². The van der Waals surface area contributed by atoms with E-state index in [1.165, 1.54) is 0 Å². The molecule has 0 saturated carbocycles. The minimum atomic E-state index is -0.931. The van der Waals surface area contributed by atoms with Gasteiger partial charge < -0.3 is 5.32 Å². The molecule has 2 N–H and O–H groups in total. The summed E-state index contributed by atoms with van der Waals surface area (Å²) in [6.07, 6.45) is 0.946. The zero-order chi connectivity index (χ0) is 13.4. The number of hydrogen-bond acceptors (Lipinski definition) is 4. The van der Waals surface area contributed by atoms with Crippen LogP contribution in [0, 0.1) is 0 Å². The third kappa shape index (κ3) is 5.16. The van der Waals surface area contributed by atoms with Crippen molar-refractivity contribution in [2.24, 2.45) is 0 Å². The van der Waals surface area contributed by atoms with Crippen LogP contribution >= 0.6 is 11.6 Å². The molecule has 1 unspecified atom stereocenters. The van der Waals surface area contributed by atoms with E-state index in [9.17, 15) is 9.59 Å². The van der Waals surface area contributed by atoms with Crippen molar-refractivity contribution in [1.82, 2.24) is 0 Å². The lowest BCUT2D eigenvalue weighted by atomic mass is 10.2. The van der Waals surface area contributed by atoms with E-state index in [0.29, 0.717) is 6.42 Å². The third-order valence-corrected chi connectivity index (χ3v) is 2.66. The maximum absolute atomic E-state index is 11.5. The van der Waals surface area contributed by atoms with Crippen LogP contribution in [0.2, 0.25) is 0 Å². The van der Waals surface area contributed by atoms with Crippen molar-refractivity contribution in [3.8, 4) is 0 Å². The fourth-order valence-electron chi connectivity index (χ4n) is 1.36. The van der Waals surface area contributed by atoms with Gasteiger partial charge in [-0.2, -0.15) is 5.26 Å². The molecule has 6 heteroatoms. The zero-order valence-electron chi connectivity index (χ0n) is 9.64. The van der Waals surface area contributed by atoms with E-state index in [1.807, 2.05) is 18.2 Å². The summed E-state index contributed by atoms with van der Waals surface area (Å²) in [5, 5.41) is 9.88. The Kier molecular flexibility index (Phi) is 6.18. The van der Waals surface area contributed by atoms with Crippen LogP contribution in [-0.2, 0) is 14.5 Å². The van der Waals surface area contributed by atoms with Crippen LogP contribution in [0.25, 0.3) is 0 Å². The van der Waals surface area contributed by atoms with Gasteiger partial charge in [0.1, 0.15) is 5.38 Å². The highest BCUT2D eigenvalue weighted by molar-refractivity contribution is 6.29. The van der Waals surface area contributed by atoms with Crippen LogP contribution in [0.4, 0.5) is 5.69 Å². The summed E-state index contributed by atoms with van der Waals surface area (Å²) in [5.74, 6) is -1.05. The van der Waals surface area contributed by atoms with Gasteiger partial charge in [-0.25, -0.2) is 4.79 Å². The van der Waals surface area contributed by atoms with E-state index < -0.39 is 11.3 Å². The Bertz CT molecular complexity index is 396. The molecule has 1 aromatic rings. The van der Waals surface area contributed by atoms with Crippen LogP contribution in [0.3, 0.4) is 0 Å².